The molecule has 0 aliphatic carbocycles. The molecule has 0 bridgehead atoms. The van der Waals surface area contributed by atoms with E-state index in [0.717, 1.165) is 6.42 Å². The molecule has 1 atom stereocenters. The van der Waals surface area contributed by atoms with E-state index in [1.54, 1.807) is 0 Å². The monoisotopic (exact) mass is 172 g/mol. The van der Waals surface area contributed by atoms with Crippen molar-refractivity contribution in [1.29, 1.82) is 0 Å². The molecule has 0 saturated carbocycles. The predicted octanol–water partition coefficient (Wildman–Crippen LogP) is -1.14. The number of amidine groups is 2. The molecule has 12 heavy (non-hydrogen) atoms. The molecule has 0 saturated heterocycles. The second-order valence-corrected chi connectivity index (χ2v) is 2.61. The number of nitrogens with two attached hydrogens (primary N) is 4. The molecule has 0 aliphatic heterocycles. The number of nitrogens with zero attached hydrogens (tertiary/aromatic N) is 2. The Balaban J connectivity index is 3.79. The van der Waals surface area contributed by atoms with Crippen LogP contribution in [-0.4, -0.2) is 11.7 Å². The quantitative estimate of drug-likeness (QED) is 0.185. The fraction of sp³-hybridized carbons (Fsp3) is 0.667. The van der Waals surface area contributed by atoms with Crippen molar-refractivity contribution < 1.29 is 0 Å². The highest BCUT2D eigenvalue weighted by atomic mass is 15.2. The molecule has 1 unspecified atom stereocenters. The van der Waals surface area contributed by atoms with E-state index in [1.807, 2.05) is 6.92 Å². The Kier molecular flexibility index (Phi) is 4.59. The highest BCUT2D eigenvalue weighted by Crippen LogP contribution is 2.04. The Morgan fingerprint density at radius 3 is 2.25 bits per heavy atom. The van der Waals surface area contributed by atoms with E-state index < -0.39 is 0 Å². The van der Waals surface area contributed by atoms with E-state index in [0.29, 0.717) is 18.1 Å². The Bertz CT molecular complexity index is 184. The normalized spacial score (nSPS) is 16.1. The molecule has 0 aromatic carbocycles. The fourth-order valence-corrected chi connectivity index (χ4v) is 0.704. The van der Waals surface area contributed by atoms with E-state index in [-0.39, 0.29) is 5.92 Å². The molecule has 6 heteroatoms. The first kappa shape index (κ1) is 10.5. The summed E-state index contributed by atoms with van der Waals surface area (Å²) in [6.07, 6.45) is 1.35. The molecule has 0 rings (SSSR count). The van der Waals surface area contributed by atoms with Crippen molar-refractivity contribution >= 4 is 11.7 Å². The Morgan fingerprint density at radius 2 is 1.83 bits per heavy atom. The van der Waals surface area contributed by atoms with Crippen molar-refractivity contribution in [2.75, 3.05) is 0 Å². The molecule has 8 N–H and O–H groups in total. The Morgan fingerprint density at radius 1 is 1.25 bits per heavy atom. The lowest BCUT2D eigenvalue weighted by atomic mass is 10.0. The van der Waals surface area contributed by atoms with Gasteiger partial charge in [-0.05, 0) is 6.42 Å². The van der Waals surface area contributed by atoms with Crippen LogP contribution in [0.1, 0.15) is 19.8 Å². The van der Waals surface area contributed by atoms with Crippen LogP contribution in [0.5, 0.6) is 0 Å². The van der Waals surface area contributed by atoms with E-state index in [4.69, 9.17) is 23.2 Å². The summed E-state index contributed by atoms with van der Waals surface area (Å²) in [4.78, 5) is 0. The maximum atomic E-state index is 5.46. The summed E-state index contributed by atoms with van der Waals surface area (Å²) in [5.74, 6) is 10.9. The lowest BCUT2D eigenvalue weighted by Crippen LogP contribution is -2.24. The first-order chi connectivity index (χ1) is 5.61. The van der Waals surface area contributed by atoms with Crippen molar-refractivity contribution in [3.8, 4) is 0 Å². The van der Waals surface area contributed by atoms with Crippen LogP contribution >= 0.6 is 0 Å². The minimum Gasteiger partial charge on any atom is -0.386 e. The van der Waals surface area contributed by atoms with Crippen LogP contribution < -0.4 is 23.2 Å². The summed E-state index contributed by atoms with van der Waals surface area (Å²) in [6.45, 7) is 1.91. The summed E-state index contributed by atoms with van der Waals surface area (Å²) in [6, 6.07) is 0. The summed E-state index contributed by atoms with van der Waals surface area (Å²) in [5, 5.41) is 6.70. The van der Waals surface area contributed by atoms with Crippen LogP contribution in [0, 0.1) is 5.92 Å². The van der Waals surface area contributed by atoms with Crippen LogP contribution in [-0.2, 0) is 0 Å². The molecule has 0 fully saturated rings. The molecular formula is C6H16N6. The van der Waals surface area contributed by atoms with Crippen molar-refractivity contribution in [3.63, 3.8) is 0 Å². The first-order valence-electron chi connectivity index (χ1n) is 3.67. The highest BCUT2D eigenvalue weighted by molar-refractivity contribution is 5.84. The van der Waals surface area contributed by atoms with Gasteiger partial charge in [0.15, 0.2) is 0 Å². The summed E-state index contributed by atoms with van der Waals surface area (Å²) in [5.41, 5.74) is 10.8. The third kappa shape index (κ3) is 3.65. The molecule has 0 heterocycles. The molecule has 0 radical (unpaired) electrons. The van der Waals surface area contributed by atoms with Gasteiger partial charge in [-0.15, -0.1) is 0 Å². The topological polar surface area (TPSA) is 129 Å². The van der Waals surface area contributed by atoms with Crippen LogP contribution in [0.4, 0.5) is 0 Å². The SMILES string of the molecule is CC(CC/C(N)=N/N)/C(N)=N/N. The second-order valence-electron chi connectivity index (χ2n) is 2.61. The maximum absolute atomic E-state index is 5.46. The van der Waals surface area contributed by atoms with Crippen LogP contribution in [0.2, 0.25) is 0 Å². The van der Waals surface area contributed by atoms with E-state index in [2.05, 4.69) is 10.2 Å². The van der Waals surface area contributed by atoms with Crippen molar-refractivity contribution in [1.82, 2.24) is 0 Å². The fourth-order valence-electron chi connectivity index (χ4n) is 0.704. The average molecular weight is 172 g/mol. The largest absolute Gasteiger partial charge is 0.386 e. The minimum atomic E-state index is 0.107. The predicted molar refractivity (Wildman–Crippen MR) is 50.0 cm³/mol. The Labute approximate surface area is 71.7 Å². The van der Waals surface area contributed by atoms with Crippen molar-refractivity contribution in [3.05, 3.63) is 0 Å². The smallest absolute Gasteiger partial charge is 0.122 e. The zero-order chi connectivity index (χ0) is 9.56. The standard InChI is InChI=1S/C6H16N6/c1-4(6(8)12-10)2-3-5(7)11-9/h4H,2-3,9-10H2,1H3,(H2,7,11)(H2,8,12). The number of hydrazone groups is 2. The molecular weight excluding hydrogens is 156 g/mol. The van der Waals surface area contributed by atoms with Crippen LogP contribution in [0.25, 0.3) is 0 Å². The number of hydrogen-bond acceptors (Lipinski definition) is 4. The molecule has 0 aliphatic rings. The maximum Gasteiger partial charge on any atom is 0.122 e. The van der Waals surface area contributed by atoms with E-state index in [1.165, 1.54) is 0 Å². The van der Waals surface area contributed by atoms with Gasteiger partial charge in [0.1, 0.15) is 11.7 Å². The molecule has 0 amide bonds. The van der Waals surface area contributed by atoms with Gasteiger partial charge in [-0.1, -0.05) is 6.92 Å². The molecule has 70 valence electrons. The van der Waals surface area contributed by atoms with Crippen LogP contribution in [0.15, 0.2) is 10.2 Å². The molecule has 6 nitrogen and oxygen atoms in total. The van der Waals surface area contributed by atoms with Gasteiger partial charge in [0.2, 0.25) is 0 Å². The van der Waals surface area contributed by atoms with Crippen LogP contribution in [0.3, 0.4) is 0 Å². The second kappa shape index (κ2) is 5.22. The molecule has 0 aromatic heterocycles. The van der Waals surface area contributed by atoms with Gasteiger partial charge in [-0.2, -0.15) is 10.2 Å². The third-order valence-electron chi connectivity index (χ3n) is 1.65. The van der Waals surface area contributed by atoms with Gasteiger partial charge < -0.3 is 23.2 Å². The zero-order valence-electron chi connectivity index (χ0n) is 7.20. The third-order valence-corrected chi connectivity index (χ3v) is 1.65. The lowest BCUT2D eigenvalue weighted by Gasteiger charge is -2.08. The van der Waals surface area contributed by atoms with Gasteiger partial charge in [0.25, 0.3) is 0 Å². The van der Waals surface area contributed by atoms with Crippen molar-refractivity contribution in [2.45, 2.75) is 19.8 Å². The summed E-state index contributed by atoms with van der Waals surface area (Å²) < 4.78 is 0. The highest BCUT2D eigenvalue weighted by Gasteiger charge is 2.06. The number of hydrogen-bond donors (Lipinski definition) is 4. The van der Waals surface area contributed by atoms with E-state index >= 15 is 0 Å². The summed E-state index contributed by atoms with van der Waals surface area (Å²) >= 11 is 0. The Hall–Kier alpha value is -1.46. The zero-order valence-corrected chi connectivity index (χ0v) is 7.20. The van der Waals surface area contributed by atoms with Gasteiger partial charge in [-0.25, -0.2) is 0 Å². The van der Waals surface area contributed by atoms with Gasteiger partial charge >= 0.3 is 0 Å². The lowest BCUT2D eigenvalue weighted by molar-refractivity contribution is 0.695. The average Bonchev–Trinajstić information content (AvgIpc) is 2.11. The van der Waals surface area contributed by atoms with Gasteiger partial charge in [0, 0.05) is 12.3 Å². The molecule has 0 spiro atoms. The minimum absolute atomic E-state index is 0.107. The first-order valence-corrected chi connectivity index (χ1v) is 3.67. The van der Waals surface area contributed by atoms with Gasteiger partial charge in [0.05, 0.1) is 0 Å². The van der Waals surface area contributed by atoms with Crippen molar-refractivity contribution in [2.24, 2.45) is 39.3 Å². The van der Waals surface area contributed by atoms with Gasteiger partial charge in [-0.3, -0.25) is 0 Å². The summed E-state index contributed by atoms with van der Waals surface area (Å²) in [7, 11) is 0. The van der Waals surface area contributed by atoms with E-state index in [9.17, 15) is 0 Å². The molecule has 0 aromatic rings. The number of rotatable bonds is 4.